The van der Waals surface area contributed by atoms with E-state index in [0.717, 1.165) is 11.0 Å². The Morgan fingerprint density at radius 2 is 2.03 bits per heavy atom. The number of amides is 4. The van der Waals surface area contributed by atoms with Crippen molar-refractivity contribution in [2.45, 2.75) is 18.5 Å². The molecule has 148 valence electrons. The van der Waals surface area contributed by atoms with Crippen molar-refractivity contribution >= 4 is 23.5 Å². The normalized spacial score (nSPS) is 20.2. The molecule has 2 aliphatic rings. The molecule has 1 fully saturated rings. The molecule has 4 amide bonds. The number of nitro groups is 1. The minimum absolute atomic E-state index is 0.0347. The second kappa shape index (κ2) is 6.59. The van der Waals surface area contributed by atoms with Crippen molar-refractivity contribution < 1.29 is 24.0 Å². The topological polar surface area (TPSA) is 145 Å². The maximum atomic E-state index is 13.3. The Bertz CT molecular complexity index is 1070. The monoisotopic (exact) mass is 396 g/mol. The van der Waals surface area contributed by atoms with Crippen LogP contribution < -0.4 is 15.8 Å². The Morgan fingerprint density at radius 3 is 2.76 bits per heavy atom. The fourth-order valence-corrected chi connectivity index (χ4v) is 3.71. The summed E-state index contributed by atoms with van der Waals surface area (Å²) >= 11 is 0. The van der Waals surface area contributed by atoms with Gasteiger partial charge in [0.05, 0.1) is 18.1 Å². The molecule has 0 saturated carbocycles. The number of imide groups is 1. The largest absolute Gasteiger partial charge is 0.493 e. The maximum Gasteiger partial charge on any atom is 0.325 e. The van der Waals surface area contributed by atoms with E-state index in [1.165, 1.54) is 12.1 Å². The number of urea groups is 1. The lowest BCUT2D eigenvalue weighted by Gasteiger charge is -2.33. The van der Waals surface area contributed by atoms with Gasteiger partial charge in [-0.3, -0.25) is 24.6 Å². The van der Waals surface area contributed by atoms with E-state index in [1.807, 2.05) is 0 Å². The number of primary amides is 1. The summed E-state index contributed by atoms with van der Waals surface area (Å²) in [5.41, 5.74) is 4.14. The Hall–Kier alpha value is -3.95. The Morgan fingerprint density at radius 1 is 1.28 bits per heavy atom. The molecule has 10 nitrogen and oxygen atoms in total. The molecular formula is C19H16N4O6. The van der Waals surface area contributed by atoms with Gasteiger partial charge in [-0.15, -0.1) is 0 Å². The molecule has 4 rings (SSSR count). The number of nitrogens with two attached hydrogens (primary N) is 1. The highest BCUT2D eigenvalue weighted by Gasteiger charge is 2.55. The van der Waals surface area contributed by atoms with Crippen molar-refractivity contribution in [1.29, 1.82) is 0 Å². The lowest BCUT2D eigenvalue weighted by atomic mass is 9.84. The van der Waals surface area contributed by atoms with E-state index in [0.29, 0.717) is 11.3 Å². The molecule has 2 aromatic carbocycles. The molecule has 0 aromatic heterocycles. The summed E-state index contributed by atoms with van der Waals surface area (Å²) in [6, 6.07) is 9.96. The number of fused-ring (bicyclic) bond motifs is 2. The predicted octanol–water partition coefficient (Wildman–Crippen LogP) is 1.42. The van der Waals surface area contributed by atoms with Crippen molar-refractivity contribution in [3.8, 4) is 5.75 Å². The number of benzene rings is 2. The molecule has 0 aliphatic carbocycles. The van der Waals surface area contributed by atoms with Gasteiger partial charge in [0.15, 0.2) is 5.54 Å². The fraction of sp³-hybridized carbons (Fsp3) is 0.211. The van der Waals surface area contributed by atoms with Crippen LogP contribution in [0.1, 0.15) is 27.9 Å². The van der Waals surface area contributed by atoms with Gasteiger partial charge in [0.2, 0.25) is 5.91 Å². The first kappa shape index (κ1) is 18.4. The molecule has 1 saturated heterocycles. The van der Waals surface area contributed by atoms with Crippen LogP contribution in [0.5, 0.6) is 5.75 Å². The van der Waals surface area contributed by atoms with E-state index in [9.17, 15) is 24.5 Å². The zero-order chi connectivity index (χ0) is 20.8. The maximum absolute atomic E-state index is 13.3. The Balaban J connectivity index is 1.70. The number of hydrogen-bond acceptors (Lipinski definition) is 6. The van der Waals surface area contributed by atoms with Crippen LogP contribution in [0, 0.1) is 10.1 Å². The number of nitrogens with zero attached hydrogens (tertiary/aromatic N) is 2. The molecule has 2 heterocycles. The van der Waals surface area contributed by atoms with Gasteiger partial charge < -0.3 is 15.8 Å². The third-order valence-corrected chi connectivity index (χ3v) is 5.15. The number of nitrogens with one attached hydrogen (secondary N) is 1. The van der Waals surface area contributed by atoms with Crippen molar-refractivity contribution in [3.63, 3.8) is 0 Å². The lowest BCUT2D eigenvalue weighted by molar-refractivity contribution is -0.385. The molecule has 1 atom stereocenters. The molecular weight excluding hydrogens is 380 g/mol. The van der Waals surface area contributed by atoms with Gasteiger partial charge in [-0.05, 0) is 18.2 Å². The zero-order valence-electron chi connectivity index (χ0n) is 15.1. The number of ether oxygens (including phenoxy) is 1. The van der Waals surface area contributed by atoms with Crippen molar-refractivity contribution in [3.05, 3.63) is 69.3 Å². The van der Waals surface area contributed by atoms with E-state index in [4.69, 9.17) is 10.5 Å². The molecule has 0 bridgehead atoms. The van der Waals surface area contributed by atoms with Crippen LogP contribution in [0.25, 0.3) is 0 Å². The Labute approximate surface area is 164 Å². The number of carbonyl (C=O) groups excluding carboxylic acids is 3. The van der Waals surface area contributed by atoms with Gasteiger partial charge in [-0.1, -0.05) is 18.2 Å². The highest BCUT2D eigenvalue weighted by atomic mass is 16.6. The van der Waals surface area contributed by atoms with Gasteiger partial charge in [0.1, 0.15) is 5.75 Å². The number of carbonyl (C=O) groups is 3. The molecule has 2 aromatic rings. The van der Waals surface area contributed by atoms with Gasteiger partial charge in [-0.2, -0.15) is 0 Å². The van der Waals surface area contributed by atoms with Crippen LogP contribution in [-0.4, -0.2) is 34.3 Å². The molecule has 2 aliphatic heterocycles. The summed E-state index contributed by atoms with van der Waals surface area (Å²) in [4.78, 5) is 48.9. The summed E-state index contributed by atoms with van der Waals surface area (Å²) in [5.74, 6) is -0.815. The summed E-state index contributed by atoms with van der Waals surface area (Å²) in [5, 5.41) is 14.2. The first-order valence-corrected chi connectivity index (χ1v) is 8.77. The Kier molecular flexibility index (Phi) is 4.18. The van der Waals surface area contributed by atoms with Crippen LogP contribution in [0.4, 0.5) is 10.5 Å². The predicted molar refractivity (Wildman–Crippen MR) is 98.9 cm³/mol. The quantitative estimate of drug-likeness (QED) is 0.454. The standard InChI is InChI=1S/C19H16N4O6/c20-16(24)11-5-6-12(14(9-11)23(27)28)10-22-17(25)19(21-18(22)26)7-8-29-15-4-2-1-3-13(15)19/h1-6,9H,7-8,10H2,(H2,20,24)(H,21,26). The fourth-order valence-electron chi connectivity index (χ4n) is 3.71. The van der Waals surface area contributed by atoms with Gasteiger partial charge in [0, 0.05) is 29.2 Å². The highest BCUT2D eigenvalue weighted by molar-refractivity contribution is 6.08. The zero-order valence-corrected chi connectivity index (χ0v) is 15.1. The summed E-state index contributed by atoms with van der Waals surface area (Å²) < 4.78 is 5.58. The molecule has 3 N–H and O–H groups in total. The average Bonchev–Trinajstić information content (AvgIpc) is 2.93. The van der Waals surface area contributed by atoms with Gasteiger partial charge in [0.25, 0.3) is 11.6 Å². The average molecular weight is 396 g/mol. The summed E-state index contributed by atoms with van der Waals surface area (Å²) in [7, 11) is 0. The molecule has 29 heavy (non-hydrogen) atoms. The number of nitro benzene ring substituents is 1. The van der Waals surface area contributed by atoms with E-state index < -0.39 is 34.0 Å². The van der Waals surface area contributed by atoms with Crippen LogP contribution in [0.2, 0.25) is 0 Å². The van der Waals surface area contributed by atoms with Crippen LogP contribution in [0.3, 0.4) is 0 Å². The van der Waals surface area contributed by atoms with Crippen LogP contribution in [0.15, 0.2) is 42.5 Å². The minimum Gasteiger partial charge on any atom is -0.493 e. The van der Waals surface area contributed by atoms with E-state index in [2.05, 4.69) is 5.32 Å². The third-order valence-electron chi connectivity index (χ3n) is 5.15. The summed E-state index contributed by atoms with van der Waals surface area (Å²) in [6.07, 6.45) is 0.244. The molecule has 0 radical (unpaired) electrons. The third kappa shape index (κ3) is 2.85. The van der Waals surface area contributed by atoms with Crippen molar-refractivity contribution in [2.75, 3.05) is 6.61 Å². The van der Waals surface area contributed by atoms with E-state index >= 15 is 0 Å². The van der Waals surface area contributed by atoms with E-state index in [-0.39, 0.29) is 30.7 Å². The van der Waals surface area contributed by atoms with Gasteiger partial charge in [-0.25, -0.2) is 4.79 Å². The van der Waals surface area contributed by atoms with Crippen molar-refractivity contribution in [1.82, 2.24) is 10.2 Å². The summed E-state index contributed by atoms with van der Waals surface area (Å²) in [6.45, 7) is -0.0743. The van der Waals surface area contributed by atoms with Gasteiger partial charge >= 0.3 is 6.03 Å². The highest BCUT2D eigenvalue weighted by Crippen LogP contribution is 2.41. The second-order valence-corrected chi connectivity index (χ2v) is 6.79. The molecule has 1 spiro atoms. The van der Waals surface area contributed by atoms with E-state index in [1.54, 1.807) is 24.3 Å². The molecule has 10 heteroatoms. The minimum atomic E-state index is -1.27. The second-order valence-electron chi connectivity index (χ2n) is 6.79. The number of para-hydroxylation sites is 1. The first-order valence-electron chi connectivity index (χ1n) is 8.77. The van der Waals surface area contributed by atoms with Crippen molar-refractivity contribution in [2.24, 2.45) is 5.73 Å². The smallest absolute Gasteiger partial charge is 0.325 e. The molecule has 1 unspecified atom stereocenters. The first-order chi connectivity index (χ1) is 13.8. The SMILES string of the molecule is NC(=O)c1ccc(CN2C(=O)NC3(CCOc4ccccc43)C2=O)c([N+](=O)[O-])c1. The van der Waals surface area contributed by atoms with Crippen LogP contribution in [-0.2, 0) is 16.9 Å². The van der Waals surface area contributed by atoms with Crippen LogP contribution >= 0.6 is 0 Å². The lowest BCUT2D eigenvalue weighted by Crippen LogP contribution is -2.47. The number of hydrogen-bond donors (Lipinski definition) is 2. The number of rotatable bonds is 4.